The van der Waals surface area contributed by atoms with Gasteiger partial charge in [-0.1, -0.05) is 37.1 Å². The first-order valence-electron chi connectivity index (χ1n) is 9.87. The lowest BCUT2D eigenvalue weighted by atomic mass is 9.81. The summed E-state index contributed by atoms with van der Waals surface area (Å²) in [6.45, 7) is -0.201. The normalized spacial score (nSPS) is 21.1. The van der Waals surface area contributed by atoms with Crippen molar-refractivity contribution in [2.24, 2.45) is 11.8 Å². The zero-order valence-electron chi connectivity index (χ0n) is 16.3. The van der Waals surface area contributed by atoms with E-state index in [4.69, 9.17) is 9.47 Å². The Hall–Kier alpha value is -3.15. The molecular weight excluding hydrogens is 370 g/mol. The van der Waals surface area contributed by atoms with Gasteiger partial charge in [0.25, 0.3) is 0 Å². The van der Waals surface area contributed by atoms with E-state index in [1.165, 1.54) is 12.0 Å². The molecule has 0 unspecified atom stereocenters. The molecule has 1 aliphatic heterocycles. The van der Waals surface area contributed by atoms with Gasteiger partial charge in [0.15, 0.2) is 12.4 Å². The van der Waals surface area contributed by atoms with Crippen molar-refractivity contribution >= 4 is 23.3 Å². The number of para-hydroxylation sites is 2. The lowest BCUT2D eigenvalue weighted by molar-refractivity contribution is -0.122. The van der Waals surface area contributed by atoms with Crippen molar-refractivity contribution in [2.45, 2.75) is 25.7 Å². The average molecular weight is 393 g/mol. The number of nitrogens with zero attached hydrogens (tertiary/aromatic N) is 1. The molecular formula is C23H23NO5. The predicted octanol–water partition coefficient (Wildman–Crippen LogP) is 3.64. The summed E-state index contributed by atoms with van der Waals surface area (Å²) in [5, 5.41) is 0. The third kappa shape index (κ3) is 3.62. The summed E-state index contributed by atoms with van der Waals surface area (Å²) in [5.74, 6) is -0.0576. The van der Waals surface area contributed by atoms with Gasteiger partial charge in [-0.05, 0) is 37.1 Å². The SMILES string of the molecule is COc1cccc(C(=O)COc2ccccc2N2C(=O)[C@H]3CCCC[C@@H]3C2=O)c1. The second-order valence-corrected chi connectivity index (χ2v) is 7.42. The predicted molar refractivity (Wildman–Crippen MR) is 107 cm³/mol. The molecule has 1 aliphatic carbocycles. The van der Waals surface area contributed by atoms with E-state index in [0.29, 0.717) is 22.7 Å². The van der Waals surface area contributed by atoms with Gasteiger partial charge >= 0.3 is 0 Å². The number of amides is 2. The minimum atomic E-state index is -0.234. The molecule has 6 heteroatoms. The molecule has 1 saturated heterocycles. The summed E-state index contributed by atoms with van der Waals surface area (Å²) in [7, 11) is 1.54. The van der Waals surface area contributed by atoms with E-state index in [0.717, 1.165) is 25.7 Å². The molecule has 2 aromatic rings. The zero-order chi connectivity index (χ0) is 20.4. The van der Waals surface area contributed by atoms with E-state index in [1.54, 1.807) is 48.5 Å². The Morgan fingerprint density at radius 1 is 1.00 bits per heavy atom. The van der Waals surface area contributed by atoms with E-state index in [1.807, 2.05) is 0 Å². The second kappa shape index (κ2) is 8.07. The lowest BCUT2D eigenvalue weighted by Crippen LogP contribution is -2.31. The molecule has 0 N–H and O–H groups in total. The van der Waals surface area contributed by atoms with Crippen molar-refractivity contribution < 1.29 is 23.9 Å². The van der Waals surface area contributed by atoms with Crippen LogP contribution in [-0.4, -0.2) is 31.3 Å². The Morgan fingerprint density at radius 3 is 2.38 bits per heavy atom. The molecule has 0 aromatic heterocycles. The van der Waals surface area contributed by atoms with Crippen LogP contribution in [-0.2, 0) is 9.59 Å². The van der Waals surface area contributed by atoms with Gasteiger partial charge < -0.3 is 9.47 Å². The largest absolute Gasteiger partial charge is 0.497 e. The molecule has 150 valence electrons. The van der Waals surface area contributed by atoms with Crippen molar-refractivity contribution in [1.82, 2.24) is 0 Å². The Morgan fingerprint density at radius 2 is 1.69 bits per heavy atom. The maximum atomic E-state index is 12.9. The Labute approximate surface area is 169 Å². The molecule has 2 amide bonds. The summed E-state index contributed by atoms with van der Waals surface area (Å²) in [4.78, 5) is 39.6. The van der Waals surface area contributed by atoms with Gasteiger partial charge in [0.2, 0.25) is 11.8 Å². The fraction of sp³-hybridized carbons (Fsp3) is 0.348. The molecule has 1 saturated carbocycles. The third-order valence-electron chi connectivity index (χ3n) is 5.70. The summed E-state index contributed by atoms with van der Waals surface area (Å²) in [6.07, 6.45) is 3.45. The van der Waals surface area contributed by atoms with Gasteiger partial charge in [-0.3, -0.25) is 14.4 Å². The number of Topliss-reactive ketones (excluding diaryl/α,β-unsaturated/α-hetero) is 1. The van der Waals surface area contributed by atoms with Crippen molar-refractivity contribution in [1.29, 1.82) is 0 Å². The van der Waals surface area contributed by atoms with Crippen LogP contribution in [0.3, 0.4) is 0 Å². The van der Waals surface area contributed by atoms with Crippen molar-refractivity contribution in [2.75, 3.05) is 18.6 Å². The molecule has 1 heterocycles. The van der Waals surface area contributed by atoms with E-state index in [-0.39, 0.29) is 36.0 Å². The van der Waals surface area contributed by atoms with Crippen molar-refractivity contribution in [3.05, 3.63) is 54.1 Å². The minimum Gasteiger partial charge on any atom is -0.497 e. The first-order valence-corrected chi connectivity index (χ1v) is 9.87. The summed E-state index contributed by atoms with van der Waals surface area (Å²) >= 11 is 0. The van der Waals surface area contributed by atoms with Crippen LogP contribution in [0, 0.1) is 11.8 Å². The molecule has 0 spiro atoms. The fourth-order valence-electron chi connectivity index (χ4n) is 4.19. The Kier molecular flexibility index (Phi) is 5.34. The summed E-state index contributed by atoms with van der Waals surface area (Å²) in [5.41, 5.74) is 0.886. The molecule has 0 radical (unpaired) electrons. The zero-order valence-corrected chi connectivity index (χ0v) is 16.3. The molecule has 29 heavy (non-hydrogen) atoms. The molecule has 0 bridgehead atoms. The number of ether oxygens (including phenoxy) is 2. The first-order chi connectivity index (χ1) is 14.1. The van der Waals surface area contributed by atoms with Crippen molar-refractivity contribution in [3.63, 3.8) is 0 Å². The average Bonchev–Trinajstić information content (AvgIpc) is 3.02. The van der Waals surface area contributed by atoms with Gasteiger partial charge in [-0.15, -0.1) is 0 Å². The van der Waals surface area contributed by atoms with Crippen LogP contribution in [0.15, 0.2) is 48.5 Å². The Bertz CT molecular complexity index is 930. The van der Waals surface area contributed by atoms with Gasteiger partial charge in [0.1, 0.15) is 11.5 Å². The summed E-state index contributed by atoms with van der Waals surface area (Å²) in [6, 6.07) is 13.7. The van der Waals surface area contributed by atoms with Gasteiger partial charge in [-0.25, -0.2) is 4.90 Å². The maximum Gasteiger partial charge on any atom is 0.237 e. The van der Waals surface area contributed by atoms with Gasteiger partial charge in [0, 0.05) is 5.56 Å². The van der Waals surface area contributed by atoms with E-state index < -0.39 is 0 Å². The molecule has 4 rings (SSSR count). The summed E-state index contributed by atoms with van der Waals surface area (Å²) < 4.78 is 10.9. The smallest absolute Gasteiger partial charge is 0.237 e. The van der Waals surface area contributed by atoms with Crippen LogP contribution < -0.4 is 14.4 Å². The molecule has 2 aliphatic rings. The van der Waals surface area contributed by atoms with Crippen molar-refractivity contribution in [3.8, 4) is 11.5 Å². The minimum absolute atomic E-state index is 0.158. The monoisotopic (exact) mass is 393 g/mol. The van der Waals surface area contributed by atoms with Crippen LogP contribution in [0.2, 0.25) is 0 Å². The van der Waals surface area contributed by atoms with Crippen LogP contribution in [0.4, 0.5) is 5.69 Å². The standard InChI is InChI=1S/C23H23NO5/c1-28-16-8-6-7-15(13-16)20(25)14-29-21-12-5-4-11-19(21)24-22(26)17-9-2-3-10-18(17)23(24)27/h4-8,11-13,17-18H,2-3,9-10,14H2,1H3/t17-,18-/m0/s1. The number of ketones is 1. The quantitative estimate of drug-likeness (QED) is 0.553. The Balaban J connectivity index is 1.54. The number of methoxy groups -OCH3 is 1. The van der Waals surface area contributed by atoms with Crippen LogP contribution in [0.1, 0.15) is 36.0 Å². The third-order valence-corrected chi connectivity index (χ3v) is 5.70. The molecule has 2 fully saturated rings. The van der Waals surface area contributed by atoms with Gasteiger partial charge in [0.05, 0.1) is 24.6 Å². The number of anilines is 1. The number of fused-ring (bicyclic) bond motifs is 1. The topological polar surface area (TPSA) is 72.9 Å². The highest BCUT2D eigenvalue weighted by atomic mass is 16.5. The number of rotatable bonds is 6. The second-order valence-electron chi connectivity index (χ2n) is 7.42. The van der Waals surface area contributed by atoms with Crippen LogP contribution >= 0.6 is 0 Å². The van der Waals surface area contributed by atoms with E-state index in [9.17, 15) is 14.4 Å². The fourth-order valence-corrected chi connectivity index (χ4v) is 4.19. The van der Waals surface area contributed by atoms with Gasteiger partial charge in [-0.2, -0.15) is 0 Å². The van der Waals surface area contributed by atoms with Crippen LogP contribution in [0.25, 0.3) is 0 Å². The number of hydrogen-bond acceptors (Lipinski definition) is 5. The molecule has 6 nitrogen and oxygen atoms in total. The van der Waals surface area contributed by atoms with E-state index in [2.05, 4.69) is 0 Å². The number of benzene rings is 2. The molecule has 2 aromatic carbocycles. The lowest BCUT2D eigenvalue weighted by Gasteiger charge is -2.19. The molecule has 2 atom stereocenters. The number of imide groups is 1. The van der Waals surface area contributed by atoms with Crippen LogP contribution in [0.5, 0.6) is 11.5 Å². The highest BCUT2D eigenvalue weighted by Crippen LogP contribution is 2.42. The first kappa shape index (κ1) is 19.2. The number of hydrogen-bond donors (Lipinski definition) is 0. The highest BCUT2D eigenvalue weighted by Gasteiger charge is 2.49. The number of carbonyl (C=O) groups is 3. The van der Waals surface area contributed by atoms with E-state index >= 15 is 0 Å². The maximum absolute atomic E-state index is 12.9. The number of carbonyl (C=O) groups excluding carboxylic acids is 3. The highest BCUT2D eigenvalue weighted by molar-refractivity contribution is 6.22.